The van der Waals surface area contributed by atoms with E-state index in [0.717, 1.165) is 0 Å². The number of ether oxygens (including phenoxy) is 4. The topological polar surface area (TPSA) is 100 Å². The van der Waals surface area contributed by atoms with Gasteiger partial charge in [0.05, 0.1) is 37.4 Å². The summed E-state index contributed by atoms with van der Waals surface area (Å²) < 4.78 is 22.1. The van der Waals surface area contributed by atoms with E-state index in [0.29, 0.717) is 40.3 Å². The van der Waals surface area contributed by atoms with E-state index in [2.05, 4.69) is 5.32 Å². The molecule has 1 aromatic carbocycles. The second-order valence-electron chi connectivity index (χ2n) is 9.80. The van der Waals surface area contributed by atoms with Gasteiger partial charge in [0, 0.05) is 22.5 Å². The SMILES string of the molecule is COC(=O)[C@H]1C(=O)C2=C(C[C@@H]1C)NC(C)=C(C(=O)OCCOC(C)C)[C@H]2c1ccccc1OC(C)C. The van der Waals surface area contributed by atoms with Gasteiger partial charge in [-0.2, -0.15) is 0 Å². The highest BCUT2D eigenvalue weighted by Crippen LogP contribution is 2.47. The van der Waals surface area contributed by atoms with E-state index in [4.69, 9.17) is 18.9 Å². The van der Waals surface area contributed by atoms with Crippen LogP contribution in [0.15, 0.2) is 46.8 Å². The van der Waals surface area contributed by atoms with Crippen molar-refractivity contribution in [2.75, 3.05) is 20.3 Å². The standard InChI is InChI=1S/C28H37NO7/c1-15(2)34-12-13-35-28(32)23-18(6)29-20-14-17(5)22(27(31)33-7)26(30)25(20)24(23)19-10-8-9-11-21(19)36-16(3)4/h8-11,15-17,22,24,29H,12-14H2,1-7H3/t17-,22+,24+/m0/s1. The van der Waals surface area contributed by atoms with Gasteiger partial charge in [0.25, 0.3) is 0 Å². The zero-order valence-corrected chi connectivity index (χ0v) is 22.2. The molecule has 1 aliphatic carbocycles. The molecule has 3 atom stereocenters. The molecule has 2 aliphatic rings. The molecule has 0 saturated heterocycles. The number of dihydropyridines is 1. The summed E-state index contributed by atoms with van der Waals surface area (Å²) in [6.45, 7) is 11.6. The average molecular weight is 500 g/mol. The van der Waals surface area contributed by atoms with E-state index in [1.807, 2.05) is 58.9 Å². The van der Waals surface area contributed by atoms with Crippen LogP contribution in [-0.4, -0.2) is 50.3 Å². The minimum atomic E-state index is -0.952. The number of benzene rings is 1. The van der Waals surface area contributed by atoms with Gasteiger partial charge in [-0.25, -0.2) is 4.79 Å². The van der Waals surface area contributed by atoms with Gasteiger partial charge < -0.3 is 24.3 Å². The summed E-state index contributed by atoms with van der Waals surface area (Å²) in [5, 5.41) is 3.27. The molecule has 0 aromatic heterocycles. The number of para-hydroxylation sites is 1. The second kappa shape index (κ2) is 11.7. The number of Topliss-reactive ketones (excluding diaryl/α,β-unsaturated/α-hetero) is 1. The minimum absolute atomic E-state index is 0.0126. The van der Waals surface area contributed by atoms with E-state index in [1.165, 1.54) is 7.11 Å². The van der Waals surface area contributed by atoms with Crippen molar-refractivity contribution in [2.24, 2.45) is 11.8 Å². The van der Waals surface area contributed by atoms with Gasteiger partial charge in [-0.15, -0.1) is 0 Å². The maximum atomic E-state index is 13.9. The number of esters is 2. The molecule has 0 saturated carbocycles. The molecule has 1 aliphatic heterocycles. The highest BCUT2D eigenvalue weighted by atomic mass is 16.6. The summed E-state index contributed by atoms with van der Waals surface area (Å²) in [6, 6.07) is 7.35. The Hall–Kier alpha value is -3.13. The van der Waals surface area contributed by atoms with E-state index >= 15 is 0 Å². The van der Waals surface area contributed by atoms with Crippen LogP contribution in [-0.2, 0) is 28.6 Å². The molecule has 0 radical (unpaired) electrons. The fourth-order valence-electron chi connectivity index (χ4n) is 4.84. The third kappa shape index (κ3) is 5.81. The van der Waals surface area contributed by atoms with Crippen LogP contribution in [0, 0.1) is 11.8 Å². The first kappa shape index (κ1) is 27.5. The first-order valence-corrected chi connectivity index (χ1v) is 12.4. The van der Waals surface area contributed by atoms with Crippen LogP contribution in [0.2, 0.25) is 0 Å². The molecule has 3 rings (SSSR count). The molecule has 8 nitrogen and oxygen atoms in total. The second-order valence-corrected chi connectivity index (χ2v) is 9.80. The number of nitrogens with one attached hydrogen (secondary N) is 1. The lowest BCUT2D eigenvalue weighted by Gasteiger charge is -2.38. The molecule has 1 heterocycles. The lowest BCUT2D eigenvalue weighted by Crippen LogP contribution is -2.43. The molecule has 1 aromatic rings. The Labute approximate surface area is 213 Å². The number of carbonyl (C=O) groups excluding carboxylic acids is 3. The smallest absolute Gasteiger partial charge is 0.336 e. The Bertz CT molecular complexity index is 1070. The minimum Gasteiger partial charge on any atom is -0.491 e. The highest BCUT2D eigenvalue weighted by molar-refractivity contribution is 6.12. The molecule has 0 unspecified atom stereocenters. The van der Waals surface area contributed by atoms with Gasteiger partial charge in [0.15, 0.2) is 5.78 Å². The Morgan fingerprint density at radius 2 is 1.78 bits per heavy atom. The molecule has 0 amide bonds. The number of ketones is 1. The first-order valence-electron chi connectivity index (χ1n) is 12.4. The molecule has 0 bridgehead atoms. The van der Waals surface area contributed by atoms with Crippen LogP contribution < -0.4 is 10.1 Å². The van der Waals surface area contributed by atoms with Gasteiger partial charge in [-0.1, -0.05) is 25.1 Å². The van der Waals surface area contributed by atoms with Gasteiger partial charge in [0.2, 0.25) is 0 Å². The Kier molecular flexibility index (Phi) is 8.95. The molecule has 196 valence electrons. The van der Waals surface area contributed by atoms with Crippen molar-refractivity contribution >= 4 is 17.7 Å². The summed E-state index contributed by atoms with van der Waals surface area (Å²) in [5.41, 5.74) is 2.65. The highest BCUT2D eigenvalue weighted by Gasteiger charge is 2.47. The molecule has 8 heteroatoms. The Morgan fingerprint density at radius 3 is 2.42 bits per heavy atom. The molecular formula is C28H37NO7. The average Bonchev–Trinajstić information content (AvgIpc) is 2.80. The summed E-state index contributed by atoms with van der Waals surface area (Å²) in [6.07, 6.45) is 0.352. The van der Waals surface area contributed by atoms with Crippen molar-refractivity contribution in [3.05, 3.63) is 52.4 Å². The molecule has 0 fully saturated rings. The number of carbonyl (C=O) groups is 3. The van der Waals surface area contributed by atoms with Gasteiger partial charge in [-0.05, 0) is 53.0 Å². The number of hydrogen-bond donors (Lipinski definition) is 1. The van der Waals surface area contributed by atoms with Crippen molar-refractivity contribution in [3.63, 3.8) is 0 Å². The molecular weight excluding hydrogens is 462 g/mol. The summed E-state index contributed by atoms with van der Waals surface area (Å²) in [4.78, 5) is 39.9. The van der Waals surface area contributed by atoms with E-state index < -0.39 is 23.8 Å². The first-order chi connectivity index (χ1) is 17.1. The zero-order chi connectivity index (χ0) is 26.6. The van der Waals surface area contributed by atoms with Crippen molar-refractivity contribution in [3.8, 4) is 5.75 Å². The van der Waals surface area contributed by atoms with Gasteiger partial charge in [-0.3, -0.25) is 9.59 Å². The van der Waals surface area contributed by atoms with Gasteiger partial charge >= 0.3 is 11.9 Å². The maximum Gasteiger partial charge on any atom is 0.336 e. The molecule has 0 spiro atoms. The van der Waals surface area contributed by atoms with E-state index in [1.54, 1.807) is 6.92 Å². The van der Waals surface area contributed by atoms with Crippen LogP contribution in [0.3, 0.4) is 0 Å². The van der Waals surface area contributed by atoms with Gasteiger partial charge in [0.1, 0.15) is 18.3 Å². The van der Waals surface area contributed by atoms with Crippen molar-refractivity contribution < 1.29 is 33.3 Å². The fraction of sp³-hybridized carbons (Fsp3) is 0.536. The van der Waals surface area contributed by atoms with Crippen LogP contribution in [0.25, 0.3) is 0 Å². The largest absolute Gasteiger partial charge is 0.491 e. The quantitative estimate of drug-likeness (QED) is 0.309. The third-order valence-electron chi connectivity index (χ3n) is 6.32. The van der Waals surface area contributed by atoms with E-state index in [-0.39, 0.29) is 37.1 Å². The lowest BCUT2D eigenvalue weighted by atomic mass is 9.69. The molecule has 36 heavy (non-hydrogen) atoms. The number of allylic oxidation sites excluding steroid dienone is 3. The van der Waals surface area contributed by atoms with Crippen LogP contribution in [0.4, 0.5) is 0 Å². The van der Waals surface area contributed by atoms with Crippen LogP contribution >= 0.6 is 0 Å². The summed E-state index contributed by atoms with van der Waals surface area (Å²) in [7, 11) is 1.28. The summed E-state index contributed by atoms with van der Waals surface area (Å²) in [5.74, 6) is -2.89. The van der Waals surface area contributed by atoms with Crippen molar-refractivity contribution in [2.45, 2.75) is 66.1 Å². The van der Waals surface area contributed by atoms with Crippen LogP contribution in [0.5, 0.6) is 5.75 Å². The zero-order valence-electron chi connectivity index (χ0n) is 22.2. The number of methoxy groups -OCH3 is 1. The van der Waals surface area contributed by atoms with E-state index in [9.17, 15) is 14.4 Å². The number of rotatable bonds is 9. The fourth-order valence-corrected chi connectivity index (χ4v) is 4.84. The summed E-state index contributed by atoms with van der Waals surface area (Å²) >= 11 is 0. The number of hydrogen-bond acceptors (Lipinski definition) is 8. The lowest BCUT2D eigenvalue weighted by molar-refractivity contribution is -0.151. The predicted molar refractivity (Wildman–Crippen MR) is 134 cm³/mol. The molecule has 1 N–H and O–H groups in total. The van der Waals surface area contributed by atoms with Crippen LogP contribution in [0.1, 0.15) is 59.4 Å². The Balaban J connectivity index is 2.11. The monoisotopic (exact) mass is 499 g/mol. The van der Waals surface area contributed by atoms with Crippen molar-refractivity contribution in [1.29, 1.82) is 0 Å². The predicted octanol–water partition coefficient (Wildman–Crippen LogP) is 4.06. The third-order valence-corrected chi connectivity index (χ3v) is 6.32. The van der Waals surface area contributed by atoms with Crippen molar-refractivity contribution in [1.82, 2.24) is 5.32 Å². The normalized spacial score (nSPS) is 21.9. The Morgan fingerprint density at radius 1 is 1.08 bits per heavy atom. The maximum absolute atomic E-state index is 13.9.